The zero-order chi connectivity index (χ0) is 13.7. The minimum atomic E-state index is -0.403. The molecule has 0 radical (unpaired) electrons. The Hall–Kier alpha value is -0.910. The molecule has 0 aliphatic carbocycles. The lowest BCUT2D eigenvalue weighted by molar-refractivity contribution is -0.117. The van der Waals surface area contributed by atoms with E-state index in [0.717, 1.165) is 19.3 Å². The van der Waals surface area contributed by atoms with Crippen molar-refractivity contribution in [3.63, 3.8) is 0 Å². The number of rotatable bonds is 4. The average molecular weight is 338 g/mol. The van der Waals surface area contributed by atoms with Gasteiger partial charge in [0, 0.05) is 6.42 Å². The second-order valence-corrected chi connectivity index (χ2v) is 5.20. The van der Waals surface area contributed by atoms with Crippen LogP contribution in [0.2, 0.25) is 0 Å². The summed E-state index contributed by atoms with van der Waals surface area (Å²) >= 11 is 0. The maximum Gasteiger partial charge on any atom is 0.225 e. The van der Waals surface area contributed by atoms with E-state index < -0.39 is 5.82 Å². The number of hydrogen-bond acceptors (Lipinski definition) is 3. The van der Waals surface area contributed by atoms with Gasteiger partial charge in [-0.25, -0.2) is 9.37 Å². The maximum atomic E-state index is 12.7. The molecule has 1 aliphatic rings. The molecule has 0 aromatic carbocycles. The van der Waals surface area contributed by atoms with Gasteiger partial charge in [-0.15, -0.1) is 24.8 Å². The maximum absolute atomic E-state index is 12.7. The summed E-state index contributed by atoms with van der Waals surface area (Å²) in [6.07, 6.45) is 3.93. The van der Waals surface area contributed by atoms with Crippen LogP contribution in [0.15, 0.2) is 18.3 Å². The molecule has 21 heavy (non-hydrogen) atoms. The molecule has 7 heteroatoms. The van der Waals surface area contributed by atoms with E-state index in [1.165, 1.54) is 25.0 Å². The molecule has 1 saturated heterocycles. The molecule has 1 aromatic rings. The van der Waals surface area contributed by atoms with Crippen LogP contribution in [0, 0.1) is 17.7 Å². The number of pyridine rings is 1. The Morgan fingerprint density at radius 2 is 2.29 bits per heavy atom. The van der Waals surface area contributed by atoms with Crippen LogP contribution >= 0.6 is 24.8 Å². The minimum Gasteiger partial charge on any atom is -0.316 e. The second kappa shape index (κ2) is 9.92. The van der Waals surface area contributed by atoms with Gasteiger partial charge in [-0.2, -0.15) is 0 Å². The van der Waals surface area contributed by atoms with E-state index in [0.29, 0.717) is 24.1 Å². The summed E-state index contributed by atoms with van der Waals surface area (Å²) in [6, 6.07) is 2.76. The van der Waals surface area contributed by atoms with Gasteiger partial charge in [0.1, 0.15) is 11.6 Å². The molecule has 120 valence electrons. The van der Waals surface area contributed by atoms with Gasteiger partial charge in [0.25, 0.3) is 0 Å². The Bertz CT molecular complexity index is 425. The number of carbonyl (C=O) groups is 1. The summed E-state index contributed by atoms with van der Waals surface area (Å²) < 4.78 is 12.7. The van der Waals surface area contributed by atoms with Gasteiger partial charge in [-0.1, -0.05) is 6.92 Å². The number of hydrogen-bond donors (Lipinski definition) is 2. The van der Waals surface area contributed by atoms with Crippen molar-refractivity contribution in [1.82, 2.24) is 10.3 Å². The van der Waals surface area contributed by atoms with Crippen molar-refractivity contribution in [2.75, 3.05) is 18.4 Å². The first-order valence-corrected chi connectivity index (χ1v) is 6.77. The topological polar surface area (TPSA) is 54.0 Å². The number of aromatic nitrogens is 1. The molecule has 4 nitrogen and oxygen atoms in total. The summed E-state index contributed by atoms with van der Waals surface area (Å²) in [6.45, 7) is 4.17. The van der Waals surface area contributed by atoms with Crippen LogP contribution in [-0.2, 0) is 4.79 Å². The number of piperidine rings is 1. The van der Waals surface area contributed by atoms with Crippen LogP contribution < -0.4 is 10.6 Å². The third-order valence-corrected chi connectivity index (χ3v) is 3.64. The van der Waals surface area contributed by atoms with Gasteiger partial charge >= 0.3 is 0 Å². The molecule has 2 rings (SSSR count). The first-order valence-electron chi connectivity index (χ1n) is 6.77. The standard InChI is InChI=1S/C14H20FN3O.2ClH/c1-10(11-3-2-6-16-8-11)7-14(19)18-13-5-4-12(15)9-17-13;;/h4-5,9-11,16H,2-3,6-8H2,1H3,(H,17,18,19);2*1H. The molecule has 1 fully saturated rings. The van der Waals surface area contributed by atoms with Crippen LogP contribution in [0.1, 0.15) is 26.2 Å². The SMILES string of the molecule is CC(CC(=O)Nc1ccc(F)cn1)C1CCCNC1.Cl.Cl. The number of nitrogens with one attached hydrogen (secondary N) is 2. The summed E-state index contributed by atoms with van der Waals surface area (Å²) in [5.74, 6) is 0.839. The van der Waals surface area contributed by atoms with Crippen LogP contribution in [0.4, 0.5) is 10.2 Å². The quantitative estimate of drug-likeness (QED) is 0.887. The van der Waals surface area contributed by atoms with Crippen LogP contribution in [0.25, 0.3) is 0 Å². The van der Waals surface area contributed by atoms with Crippen molar-refractivity contribution in [2.45, 2.75) is 26.2 Å². The van der Waals surface area contributed by atoms with Gasteiger partial charge in [0.2, 0.25) is 5.91 Å². The van der Waals surface area contributed by atoms with Crippen molar-refractivity contribution in [2.24, 2.45) is 11.8 Å². The minimum absolute atomic E-state index is 0. The number of halogens is 3. The third kappa shape index (κ3) is 6.59. The number of nitrogens with zero attached hydrogens (tertiary/aromatic N) is 1. The highest BCUT2D eigenvalue weighted by molar-refractivity contribution is 5.89. The smallest absolute Gasteiger partial charge is 0.225 e. The fourth-order valence-electron chi connectivity index (χ4n) is 2.47. The normalized spacial score (nSPS) is 18.9. The fourth-order valence-corrected chi connectivity index (χ4v) is 2.47. The lowest BCUT2D eigenvalue weighted by Gasteiger charge is -2.27. The number of carbonyl (C=O) groups excluding carboxylic acids is 1. The highest BCUT2D eigenvalue weighted by Gasteiger charge is 2.22. The molecule has 0 spiro atoms. The van der Waals surface area contributed by atoms with Gasteiger partial charge < -0.3 is 10.6 Å². The summed E-state index contributed by atoms with van der Waals surface area (Å²) in [5.41, 5.74) is 0. The Kier molecular flexibility index (Phi) is 9.49. The summed E-state index contributed by atoms with van der Waals surface area (Å²) in [7, 11) is 0. The zero-order valence-corrected chi connectivity index (χ0v) is 13.6. The molecule has 0 bridgehead atoms. The van der Waals surface area contributed by atoms with Gasteiger partial charge in [-0.05, 0) is 49.9 Å². The van der Waals surface area contributed by atoms with E-state index in [2.05, 4.69) is 22.5 Å². The van der Waals surface area contributed by atoms with E-state index in [1.54, 1.807) is 0 Å². The van der Waals surface area contributed by atoms with Gasteiger partial charge in [0.15, 0.2) is 0 Å². The first-order chi connectivity index (χ1) is 9.15. The van der Waals surface area contributed by atoms with E-state index in [1.807, 2.05) is 0 Å². The van der Waals surface area contributed by atoms with Crippen molar-refractivity contribution in [3.8, 4) is 0 Å². The Labute approximate surface area is 137 Å². The van der Waals surface area contributed by atoms with Gasteiger partial charge in [0.05, 0.1) is 6.20 Å². The Morgan fingerprint density at radius 3 is 2.86 bits per heavy atom. The molecule has 2 N–H and O–H groups in total. The number of amides is 1. The lowest BCUT2D eigenvalue weighted by atomic mass is 9.85. The van der Waals surface area contributed by atoms with Crippen LogP contribution in [0.5, 0.6) is 0 Å². The molecule has 2 unspecified atom stereocenters. The summed E-state index contributed by atoms with van der Waals surface area (Å²) in [5, 5.41) is 6.06. The molecule has 1 aromatic heterocycles. The monoisotopic (exact) mass is 337 g/mol. The Balaban J connectivity index is 0.00000200. The molecular formula is C14H22Cl2FN3O. The predicted octanol–water partition coefficient (Wildman–Crippen LogP) is 3.03. The number of anilines is 1. The highest BCUT2D eigenvalue weighted by Crippen LogP contribution is 2.22. The average Bonchev–Trinajstić information content (AvgIpc) is 2.42. The molecular weight excluding hydrogens is 316 g/mol. The molecule has 1 amide bonds. The van der Waals surface area contributed by atoms with Gasteiger partial charge in [-0.3, -0.25) is 4.79 Å². The van der Waals surface area contributed by atoms with Crippen molar-refractivity contribution < 1.29 is 9.18 Å². The molecule has 2 atom stereocenters. The summed E-state index contributed by atoms with van der Waals surface area (Å²) in [4.78, 5) is 15.7. The third-order valence-electron chi connectivity index (χ3n) is 3.64. The van der Waals surface area contributed by atoms with Crippen molar-refractivity contribution in [3.05, 3.63) is 24.1 Å². The predicted molar refractivity (Wildman–Crippen MR) is 86.7 cm³/mol. The highest BCUT2D eigenvalue weighted by atomic mass is 35.5. The second-order valence-electron chi connectivity index (χ2n) is 5.20. The Morgan fingerprint density at radius 1 is 1.52 bits per heavy atom. The van der Waals surface area contributed by atoms with E-state index in [-0.39, 0.29) is 30.7 Å². The largest absolute Gasteiger partial charge is 0.316 e. The first kappa shape index (κ1) is 20.1. The van der Waals surface area contributed by atoms with Crippen molar-refractivity contribution >= 4 is 36.5 Å². The molecule has 1 aliphatic heterocycles. The lowest BCUT2D eigenvalue weighted by Crippen LogP contribution is -2.34. The van der Waals surface area contributed by atoms with E-state index in [4.69, 9.17) is 0 Å². The van der Waals surface area contributed by atoms with E-state index in [9.17, 15) is 9.18 Å². The van der Waals surface area contributed by atoms with Crippen LogP contribution in [-0.4, -0.2) is 24.0 Å². The fraction of sp³-hybridized carbons (Fsp3) is 0.571. The zero-order valence-electron chi connectivity index (χ0n) is 12.0. The molecule has 0 saturated carbocycles. The van der Waals surface area contributed by atoms with Crippen LogP contribution in [0.3, 0.4) is 0 Å². The molecule has 2 heterocycles. The van der Waals surface area contributed by atoms with E-state index >= 15 is 0 Å². The van der Waals surface area contributed by atoms with Crippen molar-refractivity contribution in [1.29, 1.82) is 0 Å².